The summed E-state index contributed by atoms with van der Waals surface area (Å²) in [4.78, 5) is 4.79. The number of rotatable bonds is 5. The van der Waals surface area contributed by atoms with E-state index in [0.29, 0.717) is 6.04 Å². The fourth-order valence-electron chi connectivity index (χ4n) is 1.94. The molecule has 1 heterocycles. The highest BCUT2D eigenvalue weighted by Crippen LogP contribution is 2.07. The number of hydrogen-bond acceptors (Lipinski definition) is 3. The Kier molecular flexibility index (Phi) is 5.70. The number of terminal acetylenes is 1. The van der Waals surface area contributed by atoms with Crippen LogP contribution in [0.5, 0.6) is 0 Å². The van der Waals surface area contributed by atoms with Gasteiger partial charge in [0, 0.05) is 19.1 Å². The lowest BCUT2D eigenvalue weighted by molar-refractivity contribution is 0.183. The second-order valence-corrected chi connectivity index (χ2v) is 4.25. The molecule has 0 bridgehead atoms. The summed E-state index contributed by atoms with van der Waals surface area (Å²) in [6.45, 7) is 8.46. The van der Waals surface area contributed by atoms with E-state index in [4.69, 9.17) is 12.2 Å². The Hall–Kier alpha value is -0.560. The predicted octanol–water partition coefficient (Wildman–Crippen LogP) is 0.365. The standard InChI is InChI=1S/C12H23N3/c1-3-7-14(4-2)10-11-15-8-5-12(13)6-9-15/h1,12H,4-11,13H2,2H3. The van der Waals surface area contributed by atoms with Gasteiger partial charge in [0.1, 0.15) is 0 Å². The van der Waals surface area contributed by atoms with E-state index in [1.807, 2.05) is 0 Å². The highest BCUT2D eigenvalue weighted by molar-refractivity contribution is 4.88. The molecule has 0 amide bonds. The molecule has 2 N–H and O–H groups in total. The molecule has 15 heavy (non-hydrogen) atoms. The minimum absolute atomic E-state index is 0.425. The van der Waals surface area contributed by atoms with Crippen LogP contribution in [-0.2, 0) is 0 Å². The first kappa shape index (κ1) is 12.5. The zero-order chi connectivity index (χ0) is 11.1. The summed E-state index contributed by atoms with van der Waals surface area (Å²) in [6, 6.07) is 0.425. The first-order chi connectivity index (χ1) is 7.26. The number of hydrogen-bond donors (Lipinski definition) is 1. The molecule has 1 saturated heterocycles. The molecule has 0 radical (unpaired) electrons. The van der Waals surface area contributed by atoms with Gasteiger partial charge >= 0.3 is 0 Å². The van der Waals surface area contributed by atoms with Crippen LogP contribution in [0.15, 0.2) is 0 Å². The van der Waals surface area contributed by atoms with E-state index in [2.05, 4.69) is 22.6 Å². The summed E-state index contributed by atoms with van der Waals surface area (Å²) in [5.74, 6) is 2.70. The Labute approximate surface area is 93.6 Å². The van der Waals surface area contributed by atoms with Gasteiger partial charge in [-0.15, -0.1) is 6.42 Å². The van der Waals surface area contributed by atoms with Crippen LogP contribution in [-0.4, -0.2) is 55.1 Å². The van der Waals surface area contributed by atoms with Gasteiger partial charge in [0.15, 0.2) is 0 Å². The van der Waals surface area contributed by atoms with Gasteiger partial charge in [0.2, 0.25) is 0 Å². The number of nitrogens with two attached hydrogens (primary N) is 1. The molecule has 1 aliphatic rings. The van der Waals surface area contributed by atoms with Crippen LogP contribution < -0.4 is 5.73 Å². The monoisotopic (exact) mass is 209 g/mol. The fourth-order valence-corrected chi connectivity index (χ4v) is 1.94. The second kappa shape index (κ2) is 6.84. The van der Waals surface area contributed by atoms with Crippen molar-refractivity contribution < 1.29 is 0 Å². The quantitative estimate of drug-likeness (QED) is 0.664. The lowest BCUT2D eigenvalue weighted by Gasteiger charge is -2.31. The molecule has 0 saturated carbocycles. The van der Waals surface area contributed by atoms with Gasteiger partial charge in [0.25, 0.3) is 0 Å². The van der Waals surface area contributed by atoms with Crippen molar-refractivity contribution in [1.29, 1.82) is 0 Å². The minimum atomic E-state index is 0.425. The molecule has 1 aliphatic heterocycles. The van der Waals surface area contributed by atoms with Gasteiger partial charge in [-0.1, -0.05) is 12.8 Å². The molecular weight excluding hydrogens is 186 g/mol. The Balaban J connectivity index is 2.16. The number of piperidine rings is 1. The number of likely N-dealkylation sites (N-methyl/N-ethyl adjacent to an activating group) is 1. The maximum atomic E-state index is 5.86. The molecule has 0 aliphatic carbocycles. The van der Waals surface area contributed by atoms with Crippen molar-refractivity contribution in [2.75, 3.05) is 39.3 Å². The predicted molar refractivity (Wildman–Crippen MR) is 64.6 cm³/mol. The Morgan fingerprint density at radius 2 is 2.13 bits per heavy atom. The molecule has 3 heteroatoms. The molecular formula is C12H23N3. The number of likely N-dealkylation sites (tertiary alicyclic amines) is 1. The van der Waals surface area contributed by atoms with E-state index in [0.717, 1.165) is 52.1 Å². The first-order valence-corrected chi connectivity index (χ1v) is 5.90. The van der Waals surface area contributed by atoms with Crippen molar-refractivity contribution >= 4 is 0 Å². The lowest BCUT2D eigenvalue weighted by atomic mass is 10.1. The maximum Gasteiger partial charge on any atom is 0.0599 e. The third kappa shape index (κ3) is 4.65. The molecule has 0 unspecified atom stereocenters. The highest BCUT2D eigenvalue weighted by atomic mass is 15.2. The minimum Gasteiger partial charge on any atom is -0.328 e. The van der Waals surface area contributed by atoms with E-state index in [1.165, 1.54) is 0 Å². The number of nitrogens with zero attached hydrogens (tertiary/aromatic N) is 2. The zero-order valence-corrected chi connectivity index (χ0v) is 9.78. The summed E-state index contributed by atoms with van der Waals surface area (Å²) < 4.78 is 0. The smallest absolute Gasteiger partial charge is 0.0599 e. The Morgan fingerprint density at radius 3 is 2.67 bits per heavy atom. The summed E-state index contributed by atoms with van der Waals surface area (Å²) >= 11 is 0. The Bertz CT molecular complexity index is 201. The summed E-state index contributed by atoms with van der Waals surface area (Å²) in [7, 11) is 0. The first-order valence-electron chi connectivity index (χ1n) is 5.90. The van der Waals surface area contributed by atoms with Crippen LogP contribution >= 0.6 is 0 Å². The second-order valence-electron chi connectivity index (χ2n) is 4.25. The highest BCUT2D eigenvalue weighted by Gasteiger charge is 2.15. The van der Waals surface area contributed by atoms with Crippen molar-refractivity contribution in [2.24, 2.45) is 5.73 Å². The van der Waals surface area contributed by atoms with Gasteiger partial charge < -0.3 is 10.6 Å². The zero-order valence-electron chi connectivity index (χ0n) is 9.78. The third-order valence-corrected chi connectivity index (χ3v) is 3.13. The third-order valence-electron chi connectivity index (χ3n) is 3.13. The normalized spacial score (nSPS) is 19.3. The summed E-state index contributed by atoms with van der Waals surface area (Å²) in [5, 5.41) is 0. The van der Waals surface area contributed by atoms with E-state index in [-0.39, 0.29) is 0 Å². The molecule has 86 valence electrons. The average Bonchev–Trinajstić information content (AvgIpc) is 2.26. The molecule has 1 rings (SSSR count). The molecule has 3 nitrogen and oxygen atoms in total. The maximum absolute atomic E-state index is 5.86. The summed E-state index contributed by atoms with van der Waals surface area (Å²) in [5.41, 5.74) is 5.86. The van der Waals surface area contributed by atoms with Crippen molar-refractivity contribution in [2.45, 2.75) is 25.8 Å². The van der Waals surface area contributed by atoms with Crippen LogP contribution in [0.1, 0.15) is 19.8 Å². The van der Waals surface area contributed by atoms with Crippen LogP contribution in [0.25, 0.3) is 0 Å². The molecule has 0 spiro atoms. The summed E-state index contributed by atoms with van der Waals surface area (Å²) in [6.07, 6.45) is 7.59. The lowest BCUT2D eigenvalue weighted by Crippen LogP contribution is -2.43. The van der Waals surface area contributed by atoms with Gasteiger partial charge in [-0.05, 0) is 32.5 Å². The largest absolute Gasteiger partial charge is 0.328 e. The molecule has 0 aromatic heterocycles. The van der Waals surface area contributed by atoms with Crippen LogP contribution in [0, 0.1) is 12.3 Å². The Morgan fingerprint density at radius 1 is 1.47 bits per heavy atom. The van der Waals surface area contributed by atoms with Gasteiger partial charge in [-0.3, -0.25) is 4.90 Å². The van der Waals surface area contributed by atoms with E-state index in [1.54, 1.807) is 0 Å². The van der Waals surface area contributed by atoms with E-state index in [9.17, 15) is 0 Å². The van der Waals surface area contributed by atoms with E-state index >= 15 is 0 Å². The topological polar surface area (TPSA) is 32.5 Å². The molecule has 0 aromatic carbocycles. The van der Waals surface area contributed by atoms with Gasteiger partial charge in [0.05, 0.1) is 6.54 Å². The average molecular weight is 209 g/mol. The van der Waals surface area contributed by atoms with Crippen LogP contribution in [0.4, 0.5) is 0 Å². The van der Waals surface area contributed by atoms with E-state index < -0.39 is 0 Å². The van der Waals surface area contributed by atoms with Crippen LogP contribution in [0.3, 0.4) is 0 Å². The van der Waals surface area contributed by atoms with Crippen molar-refractivity contribution in [3.63, 3.8) is 0 Å². The van der Waals surface area contributed by atoms with Crippen molar-refractivity contribution in [3.8, 4) is 12.3 Å². The van der Waals surface area contributed by atoms with Crippen molar-refractivity contribution in [1.82, 2.24) is 9.80 Å². The fraction of sp³-hybridized carbons (Fsp3) is 0.833. The molecule has 0 atom stereocenters. The van der Waals surface area contributed by atoms with Gasteiger partial charge in [-0.25, -0.2) is 0 Å². The SMILES string of the molecule is C#CCN(CC)CCN1CCC(N)CC1. The van der Waals surface area contributed by atoms with Crippen molar-refractivity contribution in [3.05, 3.63) is 0 Å². The molecule has 0 aromatic rings. The van der Waals surface area contributed by atoms with Crippen LogP contribution in [0.2, 0.25) is 0 Å². The van der Waals surface area contributed by atoms with Gasteiger partial charge in [-0.2, -0.15) is 0 Å². The molecule has 1 fully saturated rings.